The lowest BCUT2D eigenvalue weighted by atomic mass is 10.2. The van der Waals surface area contributed by atoms with E-state index in [0.29, 0.717) is 10.6 Å². The highest BCUT2D eigenvalue weighted by molar-refractivity contribution is 7.99. The van der Waals surface area contributed by atoms with Crippen LogP contribution >= 0.6 is 23.4 Å². The van der Waals surface area contributed by atoms with Crippen molar-refractivity contribution in [1.29, 1.82) is 0 Å². The Morgan fingerprint density at radius 2 is 2.00 bits per heavy atom. The second-order valence-electron chi connectivity index (χ2n) is 4.20. The topological polar surface area (TPSA) is 72.2 Å². The third-order valence-electron chi connectivity index (χ3n) is 2.31. The van der Waals surface area contributed by atoms with Crippen molar-refractivity contribution in [2.75, 3.05) is 11.5 Å². The average Bonchev–Trinajstić information content (AvgIpc) is 2.35. The second-order valence-corrected chi connectivity index (χ2v) is 5.74. The molecule has 0 radical (unpaired) electrons. The molecular formula is C13H17ClN2O2S. The highest BCUT2D eigenvalue weighted by atomic mass is 35.5. The van der Waals surface area contributed by atoms with Crippen LogP contribution in [0.4, 0.5) is 0 Å². The Morgan fingerprint density at radius 3 is 2.58 bits per heavy atom. The van der Waals surface area contributed by atoms with Crippen LogP contribution in [0.25, 0.3) is 0 Å². The van der Waals surface area contributed by atoms with Gasteiger partial charge in [-0.05, 0) is 43.4 Å². The summed E-state index contributed by atoms with van der Waals surface area (Å²) in [5.74, 6) is 0.357. The number of carbonyl (C=O) groups excluding carboxylic acids is 2. The van der Waals surface area contributed by atoms with Crippen molar-refractivity contribution in [3.8, 4) is 0 Å². The Morgan fingerprint density at radius 1 is 1.37 bits per heavy atom. The number of imide groups is 1. The van der Waals surface area contributed by atoms with Gasteiger partial charge in [-0.15, -0.1) is 0 Å². The molecule has 0 aliphatic rings. The number of carbonyl (C=O) groups is 2. The van der Waals surface area contributed by atoms with E-state index in [1.54, 1.807) is 24.3 Å². The van der Waals surface area contributed by atoms with Crippen molar-refractivity contribution in [2.24, 2.45) is 5.73 Å². The van der Waals surface area contributed by atoms with Crippen molar-refractivity contribution in [1.82, 2.24) is 5.32 Å². The third-order valence-corrected chi connectivity index (χ3v) is 3.55. The van der Waals surface area contributed by atoms with Crippen molar-refractivity contribution >= 4 is 35.2 Å². The molecule has 4 nitrogen and oxygen atoms in total. The Hall–Kier alpha value is -1.04. The fourth-order valence-electron chi connectivity index (χ4n) is 1.27. The number of benzene rings is 1. The molecule has 0 fully saturated rings. The minimum Gasteiger partial charge on any atom is -0.328 e. The molecule has 0 aliphatic carbocycles. The molecule has 1 aromatic carbocycles. The monoisotopic (exact) mass is 300 g/mol. The summed E-state index contributed by atoms with van der Waals surface area (Å²) >= 11 is 7.18. The van der Waals surface area contributed by atoms with Crippen molar-refractivity contribution in [3.63, 3.8) is 0 Å². The van der Waals surface area contributed by atoms with Crippen molar-refractivity contribution < 1.29 is 9.59 Å². The Kier molecular flexibility index (Phi) is 6.91. The number of nitrogens with two attached hydrogens (primary N) is 1. The molecule has 1 atom stereocenters. The first kappa shape index (κ1) is 16.0. The zero-order chi connectivity index (χ0) is 14.3. The number of hydrogen-bond acceptors (Lipinski definition) is 4. The summed E-state index contributed by atoms with van der Waals surface area (Å²) in [6, 6.07) is 6.50. The lowest BCUT2D eigenvalue weighted by molar-refractivity contribution is -0.117. The first-order valence-electron chi connectivity index (χ1n) is 5.92. The van der Waals surface area contributed by atoms with Crippen LogP contribution in [0.1, 0.15) is 23.7 Å². The van der Waals surface area contributed by atoms with Gasteiger partial charge in [-0.2, -0.15) is 11.8 Å². The fourth-order valence-corrected chi connectivity index (χ4v) is 2.34. The highest BCUT2D eigenvalue weighted by Gasteiger charge is 2.10. The molecule has 1 rings (SSSR count). The smallest absolute Gasteiger partial charge is 0.257 e. The lowest BCUT2D eigenvalue weighted by Crippen LogP contribution is -2.32. The van der Waals surface area contributed by atoms with Gasteiger partial charge in [0.05, 0.1) is 5.75 Å². The lowest BCUT2D eigenvalue weighted by Gasteiger charge is -2.05. The molecule has 0 aliphatic heterocycles. The minimum atomic E-state index is -0.408. The van der Waals surface area contributed by atoms with E-state index in [0.717, 1.165) is 12.2 Å². The summed E-state index contributed by atoms with van der Waals surface area (Å²) in [6.07, 6.45) is 0.850. The standard InChI is InChI=1S/C13H17ClN2O2S/c1-9(15)6-7-19-8-12(17)16-13(18)10-2-4-11(14)5-3-10/h2-5,9H,6-8,15H2,1H3,(H,16,17,18). The predicted molar refractivity (Wildman–Crippen MR) is 79.5 cm³/mol. The van der Waals surface area contributed by atoms with Gasteiger partial charge in [-0.3, -0.25) is 14.9 Å². The number of rotatable bonds is 6. The van der Waals surface area contributed by atoms with Gasteiger partial charge in [0.1, 0.15) is 0 Å². The number of thioether (sulfide) groups is 1. The zero-order valence-electron chi connectivity index (χ0n) is 10.7. The predicted octanol–water partition coefficient (Wildman–Crippen LogP) is 2.07. The maximum atomic E-state index is 11.7. The molecule has 0 saturated heterocycles. The quantitative estimate of drug-likeness (QED) is 0.789. The molecule has 104 valence electrons. The number of amides is 2. The first-order valence-corrected chi connectivity index (χ1v) is 7.45. The minimum absolute atomic E-state index is 0.131. The van der Waals surface area contributed by atoms with Crippen LogP contribution in [0.15, 0.2) is 24.3 Å². The van der Waals surface area contributed by atoms with Crippen LogP contribution < -0.4 is 11.1 Å². The molecule has 0 bridgehead atoms. The van der Waals surface area contributed by atoms with E-state index < -0.39 is 5.91 Å². The maximum Gasteiger partial charge on any atom is 0.257 e. The summed E-state index contributed by atoms with van der Waals surface area (Å²) in [4.78, 5) is 23.2. The van der Waals surface area contributed by atoms with Gasteiger partial charge in [-0.1, -0.05) is 11.6 Å². The Bertz CT molecular complexity index is 435. The van der Waals surface area contributed by atoms with E-state index >= 15 is 0 Å². The average molecular weight is 301 g/mol. The van der Waals surface area contributed by atoms with Gasteiger partial charge in [0, 0.05) is 16.6 Å². The van der Waals surface area contributed by atoms with Crippen molar-refractivity contribution in [3.05, 3.63) is 34.9 Å². The van der Waals surface area contributed by atoms with E-state index in [1.165, 1.54) is 11.8 Å². The number of nitrogens with one attached hydrogen (secondary N) is 1. The van der Waals surface area contributed by atoms with Gasteiger partial charge < -0.3 is 5.73 Å². The van der Waals surface area contributed by atoms with E-state index in [-0.39, 0.29) is 17.7 Å². The van der Waals surface area contributed by atoms with Gasteiger partial charge in [-0.25, -0.2) is 0 Å². The van der Waals surface area contributed by atoms with Gasteiger partial charge in [0.15, 0.2) is 0 Å². The van der Waals surface area contributed by atoms with E-state index in [1.807, 2.05) is 6.92 Å². The normalized spacial score (nSPS) is 11.9. The molecule has 0 aromatic heterocycles. The summed E-state index contributed by atoms with van der Waals surface area (Å²) in [7, 11) is 0. The summed E-state index contributed by atoms with van der Waals surface area (Å²) < 4.78 is 0. The molecule has 1 unspecified atom stereocenters. The number of hydrogen-bond donors (Lipinski definition) is 2. The molecule has 6 heteroatoms. The SMILES string of the molecule is CC(N)CCSCC(=O)NC(=O)c1ccc(Cl)cc1. The molecule has 0 spiro atoms. The van der Waals surface area contributed by atoms with Crippen LogP contribution in [-0.2, 0) is 4.79 Å². The van der Waals surface area contributed by atoms with Gasteiger partial charge in [0.25, 0.3) is 5.91 Å². The summed E-state index contributed by atoms with van der Waals surface area (Å²) in [5.41, 5.74) is 6.01. The molecule has 1 aromatic rings. The molecule has 0 heterocycles. The second kappa shape index (κ2) is 8.19. The fraction of sp³-hybridized carbons (Fsp3) is 0.385. The molecule has 3 N–H and O–H groups in total. The van der Waals surface area contributed by atoms with E-state index in [9.17, 15) is 9.59 Å². The van der Waals surface area contributed by atoms with E-state index in [2.05, 4.69) is 5.32 Å². The molecular weight excluding hydrogens is 284 g/mol. The van der Waals surface area contributed by atoms with Gasteiger partial charge in [0.2, 0.25) is 5.91 Å². The van der Waals surface area contributed by atoms with Crippen LogP contribution in [0.3, 0.4) is 0 Å². The van der Waals surface area contributed by atoms with Crippen LogP contribution in [-0.4, -0.2) is 29.4 Å². The molecule has 19 heavy (non-hydrogen) atoms. The van der Waals surface area contributed by atoms with Crippen LogP contribution in [0, 0.1) is 0 Å². The van der Waals surface area contributed by atoms with Crippen LogP contribution in [0.2, 0.25) is 5.02 Å². The number of halogens is 1. The van der Waals surface area contributed by atoms with E-state index in [4.69, 9.17) is 17.3 Å². The summed E-state index contributed by atoms with van der Waals surface area (Å²) in [6.45, 7) is 1.92. The molecule has 2 amide bonds. The summed E-state index contributed by atoms with van der Waals surface area (Å²) in [5, 5.41) is 2.88. The maximum absolute atomic E-state index is 11.7. The van der Waals surface area contributed by atoms with Crippen molar-refractivity contribution in [2.45, 2.75) is 19.4 Å². The Labute approximate surface area is 122 Å². The Balaban J connectivity index is 2.32. The largest absolute Gasteiger partial charge is 0.328 e. The zero-order valence-corrected chi connectivity index (χ0v) is 12.3. The first-order chi connectivity index (χ1) is 8.99. The third kappa shape index (κ3) is 6.61. The van der Waals surface area contributed by atoms with Gasteiger partial charge >= 0.3 is 0 Å². The molecule has 0 saturated carbocycles. The van der Waals surface area contributed by atoms with Crippen LogP contribution in [0.5, 0.6) is 0 Å². The highest BCUT2D eigenvalue weighted by Crippen LogP contribution is 2.09.